The Morgan fingerprint density at radius 3 is 3.30 bits per heavy atom. The van der Waals surface area contributed by atoms with E-state index in [9.17, 15) is 0 Å². The number of hydrogen-bond donors (Lipinski definition) is 2. The zero-order valence-electron chi connectivity index (χ0n) is 11.3. The Morgan fingerprint density at radius 2 is 2.50 bits per heavy atom. The molecule has 1 fully saturated rings. The molecule has 0 aliphatic carbocycles. The predicted octanol–water partition coefficient (Wildman–Crippen LogP) is 1.73. The molecule has 1 saturated heterocycles. The van der Waals surface area contributed by atoms with Crippen LogP contribution in [0.15, 0.2) is 22.8 Å². The molecule has 0 bridgehead atoms. The molecule has 2 atom stereocenters. The third-order valence-corrected chi connectivity index (χ3v) is 3.37. The maximum absolute atomic E-state index is 5.71. The van der Waals surface area contributed by atoms with Crippen LogP contribution in [0.1, 0.15) is 24.1 Å². The van der Waals surface area contributed by atoms with Crippen molar-refractivity contribution in [1.82, 2.24) is 15.2 Å². The van der Waals surface area contributed by atoms with Gasteiger partial charge in [0, 0.05) is 19.6 Å². The quantitative estimate of drug-likeness (QED) is 0.837. The Labute approximate surface area is 116 Å². The van der Waals surface area contributed by atoms with Crippen LogP contribution in [0, 0.1) is 5.92 Å². The summed E-state index contributed by atoms with van der Waals surface area (Å²) >= 11 is 0. The van der Waals surface area contributed by atoms with Gasteiger partial charge in [0.25, 0.3) is 0 Å². The zero-order chi connectivity index (χ0) is 13.8. The number of nitrogens with one attached hydrogen (secondary N) is 2. The lowest BCUT2D eigenvalue weighted by Gasteiger charge is -2.14. The minimum Gasteiger partial charge on any atom is -0.467 e. The maximum Gasteiger partial charge on any atom is 0.242 e. The van der Waals surface area contributed by atoms with E-state index >= 15 is 0 Å². The van der Waals surface area contributed by atoms with Crippen molar-refractivity contribution in [3.05, 3.63) is 30.0 Å². The predicted molar refractivity (Wildman–Crippen MR) is 71.1 cm³/mol. The van der Waals surface area contributed by atoms with Gasteiger partial charge in [-0.05, 0) is 18.6 Å². The number of ether oxygens (including phenoxy) is 2. The number of hydrogen-bond acceptors (Lipinski definition) is 6. The van der Waals surface area contributed by atoms with Crippen LogP contribution >= 0.6 is 0 Å². The van der Waals surface area contributed by atoms with Crippen molar-refractivity contribution in [2.24, 2.45) is 5.92 Å². The van der Waals surface area contributed by atoms with Crippen LogP contribution in [-0.2, 0) is 16.0 Å². The molecule has 20 heavy (non-hydrogen) atoms. The molecule has 2 aromatic heterocycles. The number of aromatic amines is 1. The normalized spacial score (nSPS) is 22.2. The minimum absolute atomic E-state index is 0.0680. The van der Waals surface area contributed by atoms with Crippen molar-refractivity contribution in [2.45, 2.75) is 19.1 Å². The third kappa shape index (κ3) is 2.83. The second-order valence-corrected chi connectivity index (χ2v) is 4.77. The van der Waals surface area contributed by atoms with Gasteiger partial charge in [-0.2, -0.15) is 4.98 Å². The van der Waals surface area contributed by atoms with Gasteiger partial charge in [-0.3, -0.25) is 5.10 Å². The highest BCUT2D eigenvalue weighted by Crippen LogP contribution is 2.32. The van der Waals surface area contributed by atoms with E-state index in [0.717, 1.165) is 24.6 Å². The molecule has 1 aliphatic heterocycles. The average molecular weight is 278 g/mol. The summed E-state index contributed by atoms with van der Waals surface area (Å²) in [5.41, 5.74) is 0. The highest BCUT2D eigenvalue weighted by atomic mass is 16.5. The molecule has 1 aliphatic rings. The van der Waals surface area contributed by atoms with E-state index in [4.69, 9.17) is 13.9 Å². The van der Waals surface area contributed by atoms with Crippen LogP contribution < -0.4 is 5.32 Å². The van der Waals surface area contributed by atoms with Crippen LogP contribution in [0.3, 0.4) is 0 Å². The van der Waals surface area contributed by atoms with Crippen molar-refractivity contribution >= 4 is 5.95 Å². The van der Waals surface area contributed by atoms with E-state index < -0.39 is 0 Å². The van der Waals surface area contributed by atoms with Gasteiger partial charge in [-0.25, -0.2) is 0 Å². The Bertz CT molecular complexity index is 525. The molecule has 108 valence electrons. The van der Waals surface area contributed by atoms with Crippen LogP contribution in [0.2, 0.25) is 0 Å². The molecule has 0 spiro atoms. The first kappa shape index (κ1) is 13.1. The molecule has 7 heteroatoms. The monoisotopic (exact) mass is 278 g/mol. The standard InChI is InChI=1S/C13H18N4O3/c1-18-8-9-4-6-20-11(9)12-15-13(17-16-12)14-7-10-3-2-5-19-10/h2-3,5,9,11H,4,6-8H2,1H3,(H2,14,15,16,17)/t9-,11-/m0/s1. The molecule has 0 radical (unpaired) electrons. The molecule has 2 aromatic rings. The minimum atomic E-state index is -0.0680. The summed E-state index contributed by atoms with van der Waals surface area (Å²) in [6.45, 7) is 1.95. The number of anilines is 1. The number of furan rings is 1. The molecular formula is C13H18N4O3. The largest absolute Gasteiger partial charge is 0.467 e. The van der Waals surface area contributed by atoms with Gasteiger partial charge in [0.15, 0.2) is 5.82 Å². The van der Waals surface area contributed by atoms with E-state index in [1.54, 1.807) is 13.4 Å². The molecule has 0 amide bonds. The van der Waals surface area contributed by atoms with Crippen molar-refractivity contribution in [2.75, 3.05) is 25.6 Å². The van der Waals surface area contributed by atoms with E-state index in [0.29, 0.717) is 25.0 Å². The van der Waals surface area contributed by atoms with Crippen molar-refractivity contribution in [3.8, 4) is 0 Å². The Morgan fingerprint density at radius 1 is 1.55 bits per heavy atom. The fourth-order valence-electron chi connectivity index (χ4n) is 2.38. The third-order valence-electron chi connectivity index (χ3n) is 3.37. The summed E-state index contributed by atoms with van der Waals surface area (Å²) in [6.07, 6.45) is 2.55. The number of nitrogens with zero attached hydrogens (tertiary/aromatic N) is 2. The Hall–Kier alpha value is -1.86. The summed E-state index contributed by atoms with van der Waals surface area (Å²) in [6, 6.07) is 3.75. The Balaban J connectivity index is 1.61. The number of rotatable bonds is 6. The SMILES string of the molecule is COC[C@@H]1CCO[C@@H]1c1nc(NCc2ccco2)n[nH]1. The summed E-state index contributed by atoms with van der Waals surface area (Å²) < 4.78 is 16.2. The highest BCUT2D eigenvalue weighted by Gasteiger charge is 2.32. The molecule has 0 unspecified atom stereocenters. The second kappa shape index (κ2) is 6.06. The molecular weight excluding hydrogens is 260 g/mol. The van der Waals surface area contributed by atoms with Crippen LogP contribution in [-0.4, -0.2) is 35.5 Å². The Kier molecular flexibility index (Phi) is 3.98. The summed E-state index contributed by atoms with van der Waals surface area (Å²) in [7, 11) is 1.70. The summed E-state index contributed by atoms with van der Waals surface area (Å²) in [5, 5.41) is 10.2. The van der Waals surface area contributed by atoms with Crippen molar-refractivity contribution < 1.29 is 13.9 Å². The first-order chi connectivity index (χ1) is 9.86. The summed E-state index contributed by atoms with van der Waals surface area (Å²) in [4.78, 5) is 4.42. The molecule has 3 heterocycles. The van der Waals surface area contributed by atoms with E-state index in [-0.39, 0.29) is 6.10 Å². The summed E-state index contributed by atoms with van der Waals surface area (Å²) in [5.74, 6) is 2.45. The van der Waals surface area contributed by atoms with E-state index in [1.807, 2.05) is 12.1 Å². The van der Waals surface area contributed by atoms with Gasteiger partial charge in [0.1, 0.15) is 11.9 Å². The van der Waals surface area contributed by atoms with E-state index in [2.05, 4.69) is 20.5 Å². The average Bonchev–Trinajstić information content (AvgIpc) is 3.18. The smallest absolute Gasteiger partial charge is 0.242 e. The van der Waals surface area contributed by atoms with E-state index in [1.165, 1.54) is 0 Å². The second-order valence-electron chi connectivity index (χ2n) is 4.77. The number of methoxy groups -OCH3 is 1. The lowest BCUT2D eigenvalue weighted by atomic mass is 10.0. The number of aromatic nitrogens is 3. The van der Waals surface area contributed by atoms with Crippen molar-refractivity contribution in [1.29, 1.82) is 0 Å². The first-order valence-corrected chi connectivity index (χ1v) is 6.66. The molecule has 0 saturated carbocycles. The highest BCUT2D eigenvalue weighted by molar-refractivity contribution is 5.24. The van der Waals surface area contributed by atoms with Gasteiger partial charge in [-0.1, -0.05) is 0 Å². The topological polar surface area (TPSA) is 85.2 Å². The number of H-pyrrole nitrogens is 1. The van der Waals surface area contributed by atoms with Crippen LogP contribution in [0.5, 0.6) is 0 Å². The fourth-order valence-corrected chi connectivity index (χ4v) is 2.38. The zero-order valence-corrected chi connectivity index (χ0v) is 11.3. The lowest BCUT2D eigenvalue weighted by Crippen LogP contribution is -2.14. The van der Waals surface area contributed by atoms with Gasteiger partial charge in [0.05, 0.1) is 19.4 Å². The molecule has 0 aromatic carbocycles. The van der Waals surface area contributed by atoms with Crippen molar-refractivity contribution in [3.63, 3.8) is 0 Å². The van der Waals surface area contributed by atoms with Crippen LogP contribution in [0.4, 0.5) is 5.95 Å². The lowest BCUT2D eigenvalue weighted by molar-refractivity contribution is 0.0539. The molecule has 7 nitrogen and oxygen atoms in total. The van der Waals surface area contributed by atoms with Gasteiger partial charge < -0.3 is 19.2 Å². The van der Waals surface area contributed by atoms with Gasteiger partial charge in [0.2, 0.25) is 5.95 Å². The van der Waals surface area contributed by atoms with Gasteiger partial charge in [-0.15, -0.1) is 5.10 Å². The maximum atomic E-state index is 5.71. The van der Waals surface area contributed by atoms with Gasteiger partial charge >= 0.3 is 0 Å². The molecule has 3 rings (SSSR count). The molecule has 2 N–H and O–H groups in total. The first-order valence-electron chi connectivity index (χ1n) is 6.66. The van der Waals surface area contributed by atoms with Crippen LogP contribution in [0.25, 0.3) is 0 Å². The fraction of sp³-hybridized carbons (Fsp3) is 0.538.